The second-order valence-electron chi connectivity index (χ2n) is 9.58. The van der Waals surface area contributed by atoms with Crippen LogP contribution in [0.1, 0.15) is 56.6 Å². The second-order valence-corrected chi connectivity index (χ2v) is 9.58. The first-order chi connectivity index (χ1) is 15.0. The number of nitrogens with zero attached hydrogens (tertiary/aromatic N) is 2. The van der Waals surface area contributed by atoms with Gasteiger partial charge in [0, 0.05) is 19.6 Å². The zero-order valence-electron chi connectivity index (χ0n) is 19.6. The highest BCUT2D eigenvalue weighted by molar-refractivity contribution is 5.49. The van der Waals surface area contributed by atoms with E-state index in [1.54, 1.807) is 7.11 Å². The molecule has 168 valence electrons. The molecule has 1 amide bonds. The van der Waals surface area contributed by atoms with Gasteiger partial charge >= 0.3 is 0 Å². The van der Waals surface area contributed by atoms with Crippen LogP contribution in [0.5, 0.6) is 5.75 Å². The fourth-order valence-corrected chi connectivity index (χ4v) is 5.09. The summed E-state index contributed by atoms with van der Waals surface area (Å²) in [6.07, 6.45) is 5.45. The van der Waals surface area contributed by atoms with Crippen molar-refractivity contribution < 1.29 is 9.53 Å². The third kappa shape index (κ3) is 6.10. The standard InChI is InChI=1S/C27H38N2O2/c1-22(2)18-29(21-30)27(16-14-25(15-17-27)24-8-6-5-7-9-24)20-28(3)19-23-10-12-26(31-4)13-11-23/h5-13,21-22,25H,14-20H2,1-4H3. The van der Waals surface area contributed by atoms with E-state index in [0.717, 1.165) is 57.5 Å². The highest BCUT2D eigenvalue weighted by Crippen LogP contribution is 2.41. The average molecular weight is 423 g/mol. The lowest BCUT2D eigenvalue weighted by Crippen LogP contribution is -2.57. The average Bonchev–Trinajstić information content (AvgIpc) is 2.78. The molecular formula is C27H38N2O2. The van der Waals surface area contributed by atoms with Crippen molar-refractivity contribution in [2.24, 2.45) is 5.92 Å². The van der Waals surface area contributed by atoms with Crippen LogP contribution in [0, 0.1) is 5.92 Å². The van der Waals surface area contributed by atoms with E-state index in [1.165, 1.54) is 11.1 Å². The minimum atomic E-state index is -0.0987. The summed E-state index contributed by atoms with van der Waals surface area (Å²) < 4.78 is 5.28. The lowest BCUT2D eigenvalue weighted by molar-refractivity contribution is -0.127. The topological polar surface area (TPSA) is 32.8 Å². The van der Waals surface area contributed by atoms with Crippen LogP contribution >= 0.6 is 0 Å². The Kier molecular flexibility index (Phi) is 8.14. The molecule has 1 fully saturated rings. The zero-order chi connectivity index (χ0) is 22.3. The first-order valence-corrected chi connectivity index (χ1v) is 11.5. The molecule has 0 radical (unpaired) electrons. The van der Waals surface area contributed by atoms with Gasteiger partial charge in [-0.15, -0.1) is 0 Å². The summed E-state index contributed by atoms with van der Waals surface area (Å²) >= 11 is 0. The molecule has 0 saturated heterocycles. The Labute approximate surface area is 188 Å². The van der Waals surface area contributed by atoms with Crippen LogP contribution in [0.3, 0.4) is 0 Å². The van der Waals surface area contributed by atoms with Crippen molar-refractivity contribution in [1.29, 1.82) is 0 Å². The van der Waals surface area contributed by atoms with Gasteiger partial charge in [0.05, 0.1) is 12.6 Å². The fourth-order valence-electron chi connectivity index (χ4n) is 5.09. The maximum Gasteiger partial charge on any atom is 0.210 e. The van der Waals surface area contributed by atoms with Crippen molar-refractivity contribution in [1.82, 2.24) is 9.80 Å². The molecule has 3 rings (SSSR count). The van der Waals surface area contributed by atoms with E-state index in [0.29, 0.717) is 11.8 Å². The smallest absolute Gasteiger partial charge is 0.210 e. The molecule has 1 saturated carbocycles. The minimum Gasteiger partial charge on any atom is -0.497 e. The third-order valence-electron chi connectivity index (χ3n) is 6.66. The Morgan fingerprint density at radius 1 is 1.06 bits per heavy atom. The molecule has 1 aliphatic rings. The largest absolute Gasteiger partial charge is 0.497 e. The molecule has 0 heterocycles. The molecule has 0 bridgehead atoms. The van der Waals surface area contributed by atoms with Crippen molar-refractivity contribution in [3.05, 3.63) is 65.7 Å². The van der Waals surface area contributed by atoms with Gasteiger partial charge in [-0.25, -0.2) is 0 Å². The van der Waals surface area contributed by atoms with Crippen molar-refractivity contribution in [3.63, 3.8) is 0 Å². The molecule has 0 aromatic heterocycles. The molecule has 4 nitrogen and oxygen atoms in total. The molecular weight excluding hydrogens is 384 g/mol. The first-order valence-electron chi connectivity index (χ1n) is 11.5. The minimum absolute atomic E-state index is 0.0987. The summed E-state index contributed by atoms with van der Waals surface area (Å²) in [7, 11) is 3.87. The number of rotatable bonds is 10. The van der Waals surface area contributed by atoms with Crippen molar-refractivity contribution in [2.75, 3.05) is 27.2 Å². The molecule has 0 spiro atoms. The molecule has 0 unspecified atom stereocenters. The highest BCUT2D eigenvalue weighted by Gasteiger charge is 2.41. The molecule has 31 heavy (non-hydrogen) atoms. The normalized spacial score (nSPS) is 21.3. The maximum atomic E-state index is 12.2. The molecule has 0 aliphatic heterocycles. The monoisotopic (exact) mass is 422 g/mol. The summed E-state index contributed by atoms with van der Waals surface area (Å²) in [6.45, 7) is 6.96. The third-order valence-corrected chi connectivity index (χ3v) is 6.66. The van der Waals surface area contributed by atoms with Crippen LogP contribution in [0.4, 0.5) is 0 Å². The number of carbonyl (C=O) groups excluding carboxylic acids is 1. The summed E-state index contributed by atoms with van der Waals surface area (Å²) in [5, 5.41) is 0. The van der Waals surface area contributed by atoms with E-state index < -0.39 is 0 Å². The molecule has 1 aliphatic carbocycles. The van der Waals surface area contributed by atoms with Crippen LogP contribution in [-0.4, -0.2) is 49.0 Å². The van der Waals surface area contributed by atoms with Gasteiger partial charge in [0.25, 0.3) is 0 Å². The Hall–Kier alpha value is -2.33. The van der Waals surface area contributed by atoms with Crippen molar-refractivity contribution in [2.45, 2.75) is 57.5 Å². The number of benzene rings is 2. The van der Waals surface area contributed by atoms with Gasteiger partial charge in [0.1, 0.15) is 5.75 Å². The summed E-state index contributed by atoms with van der Waals surface area (Å²) in [5.41, 5.74) is 2.60. The maximum absolute atomic E-state index is 12.2. The van der Waals surface area contributed by atoms with Gasteiger partial charge in [-0.3, -0.25) is 9.69 Å². The van der Waals surface area contributed by atoms with Gasteiger partial charge in [-0.05, 0) is 67.8 Å². The van der Waals surface area contributed by atoms with E-state index in [9.17, 15) is 4.79 Å². The predicted molar refractivity (Wildman–Crippen MR) is 127 cm³/mol. The van der Waals surface area contributed by atoms with Crippen LogP contribution in [0.2, 0.25) is 0 Å². The van der Waals surface area contributed by atoms with E-state index in [4.69, 9.17) is 4.74 Å². The Balaban J connectivity index is 1.73. The van der Waals surface area contributed by atoms with Gasteiger partial charge in [0.2, 0.25) is 6.41 Å². The molecule has 4 heteroatoms. The van der Waals surface area contributed by atoms with Crippen molar-refractivity contribution >= 4 is 6.41 Å². The van der Waals surface area contributed by atoms with Gasteiger partial charge in [-0.2, -0.15) is 0 Å². The number of hydrogen-bond donors (Lipinski definition) is 0. The SMILES string of the molecule is COc1ccc(CN(C)CC2(N(C=O)CC(C)C)CCC(c3ccccc3)CC2)cc1. The van der Waals surface area contributed by atoms with E-state index in [-0.39, 0.29) is 5.54 Å². The van der Waals surface area contributed by atoms with Gasteiger partial charge < -0.3 is 9.64 Å². The van der Waals surface area contributed by atoms with Crippen LogP contribution < -0.4 is 4.74 Å². The van der Waals surface area contributed by atoms with E-state index in [1.807, 2.05) is 12.1 Å². The van der Waals surface area contributed by atoms with E-state index >= 15 is 0 Å². The number of ether oxygens (including phenoxy) is 1. The second kappa shape index (κ2) is 10.8. The fraction of sp³-hybridized carbons (Fsp3) is 0.519. The van der Waals surface area contributed by atoms with Crippen LogP contribution in [0.15, 0.2) is 54.6 Å². The number of likely N-dealkylation sites (N-methyl/N-ethyl adjacent to an activating group) is 1. The Bertz CT molecular complexity index is 796. The van der Waals surface area contributed by atoms with Crippen LogP contribution in [-0.2, 0) is 11.3 Å². The Morgan fingerprint density at radius 2 is 1.71 bits per heavy atom. The van der Waals surface area contributed by atoms with Crippen LogP contribution in [0.25, 0.3) is 0 Å². The molecule has 2 aromatic carbocycles. The van der Waals surface area contributed by atoms with E-state index in [2.05, 4.69) is 73.2 Å². The molecule has 0 N–H and O–H groups in total. The quantitative estimate of drug-likeness (QED) is 0.485. The Morgan fingerprint density at radius 3 is 2.26 bits per heavy atom. The first kappa shape index (κ1) is 23.3. The lowest BCUT2D eigenvalue weighted by Gasteiger charge is -2.49. The number of hydrogen-bond acceptors (Lipinski definition) is 3. The number of amides is 1. The van der Waals surface area contributed by atoms with Gasteiger partial charge in [0.15, 0.2) is 0 Å². The lowest BCUT2D eigenvalue weighted by atomic mass is 9.73. The zero-order valence-corrected chi connectivity index (χ0v) is 19.6. The predicted octanol–water partition coefficient (Wildman–Crippen LogP) is 5.34. The summed E-state index contributed by atoms with van der Waals surface area (Å²) in [4.78, 5) is 16.7. The summed E-state index contributed by atoms with van der Waals surface area (Å²) in [5.74, 6) is 1.93. The number of methoxy groups -OCH3 is 1. The number of carbonyl (C=O) groups is 1. The van der Waals surface area contributed by atoms with Gasteiger partial charge in [-0.1, -0.05) is 56.3 Å². The molecule has 2 aromatic rings. The molecule has 0 atom stereocenters. The highest BCUT2D eigenvalue weighted by atomic mass is 16.5. The summed E-state index contributed by atoms with van der Waals surface area (Å²) in [6, 6.07) is 19.1. The van der Waals surface area contributed by atoms with Crippen molar-refractivity contribution in [3.8, 4) is 5.75 Å².